The predicted molar refractivity (Wildman–Crippen MR) is 99.1 cm³/mol. The van der Waals surface area contributed by atoms with E-state index >= 15 is 0 Å². The number of ether oxygens (including phenoxy) is 1. The van der Waals surface area contributed by atoms with Gasteiger partial charge >= 0.3 is 0 Å². The number of carbonyl (C=O) groups is 1. The molecule has 0 spiro atoms. The van der Waals surface area contributed by atoms with E-state index in [0.717, 1.165) is 69.2 Å². The second-order valence-electron chi connectivity index (χ2n) is 8.49. The van der Waals surface area contributed by atoms with Crippen molar-refractivity contribution in [1.29, 1.82) is 0 Å². The largest absolute Gasteiger partial charge is 0.474 e. The zero-order valence-corrected chi connectivity index (χ0v) is 15.5. The topological polar surface area (TPSA) is 45.7 Å². The molecule has 1 saturated carbocycles. The molecule has 0 N–H and O–H groups in total. The molecule has 1 unspecified atom stereocenters. The Morgan fingerprint density at radius 2 is 1.88 bits per heavy atom. The van der Waals surface area contributed by atoms with Crippen molar-refractivity contribution in [2.24, 2.45) is 5.92 Å². The maximum atomic E-state index is 12.1. The number of piperidine rings is 2. The van der Waals surface area contributed by atoms with Crippen LogP contribution in [0.1, 0.15) is 62.2 Å². The Kier molecular flexibility index (Phi) is 4.35. The lowest BCUT2D eigenvalue weighted by atomic mass is 9.89. The number of rotatable bonds is 4. The molecule has 1 aromatic rings. The van der Waals surface area contributed by atoms with Crippen LogP contribution in [0.3, 0.4) is 0 Å². The third-order valence-electron chi connectivity index (χ3n) is 6.53. The van der Waals surface area contributed by atoms with Gasteiger partial charge in [-0.15, -0.1) is 0 Å². The maximum Gasteiger partial charge on any atom is 0.223 e. The Morgan fingerprint density at radius 1 is 1.04 bits per heavy atom. The first-order valence-electron chi connectivity index (χ1n) is 10.4. The molecule has 2 saturated heterocycles. The van der Waals surface area contributed by atoms with Crippen LogP contribution in [0.4, 0.5) is 0 Å². The van der Waals surface area contributed by atoms with E-state index in [1.54, 1.807) is 0 Å². The first kappa shape index (κ1) is 16.5. The lowest BCUT2D eigenvalue weighted by Crippen LogP contribution is -2.43. The summed E-state index contributed by atoms with van der Waals surface area (Å²) in [6.07, 6.45) is 9.00. The van der Waals surface area contributed by atoms with Gasteiger partial charge in [-0.1, -0.05) is 0 Å². The summed E-state index contributed by atoms with van der Waals surface area (Å²) in [4.78, 5) is 21.6. The summed E-state index contributed by atoms with van der Waals surface area (Å²) < 4.78 is 6.23. The van der Waals surface area contributed by atoms with Gasteiger partial charge in [0, 0.05) is 45.1 Å². The van der Waals surface area contributed by atoms with E-state index in [-0.39, 0.29) is 6.04 Å². The van der Waals surface area contributed by atoms with Gasteiger partial charge in [-0.25, -0.2) is 4.98 Å². The molecule has 1 atom stereocenters. The fourth-order valence-corrected chi connectivity index (χ4v) is 4.86. The lowest BCUT2D eigenvalue weighted by molar-refractivity contribution is -0.137. The van der Waals surface area contributed by atoms with Crippen LogP contribution in [0.2, 0.25) is 0 Å². The Balaban J connectivity index is 1.22. The summed E-state index contributed by atoms with van der Waals surface area (Å²) >= 11 is 0. The molecule has 0 radical (unpaired) electrons. The smallest absolute Gasteiger partial charge is 0.223 e. The van der Waals surface area contributed by atoms with Crippen molar-refractivity contribution < 1.29 is 9.53 Å². The standard InChI is InChI=1S/C21H29N3O2/c25-21-3-1-2-19-17-6-7-20(22-18(17)10-13-24(19)21)26-16-8-11-23(12-9-16)14-15-4-5-15/h6-7,15-16,19H,1-5,8-14H2. The van der Waals surface area contributed by atoms with Crippen LogP contribution >= 0.6 is 0 Å². The highest BCUT2D eigenvalue weighted by atomic mass is 16.5. The van der Waals surface area contributed by atoms with Crippen LogP contribution in [-0.2, 0) is 11.2 Å². The molecule has 0 aromatic carbocycles. The van der Waals surface area contributed by atoms with Crippen LogP contribution in [0.5, 0.6) is 5.88 Å². The van der Waals surface area contributed by atoms with Gasteiger partial charge in [0.1, 0.15) is 6.10 Å². The van der Waals surface area contributed by atoms with Crippen LogP contribution < -0.4 is 4.74 Å². The third kappa shape index (κ3) is 3.34. The number of nitrogens with zero attached hydrogens (tertiary/aromatic N) is 3. The molecule has 26 heavy (non-hydrogen) atoms. The normalized spacial score (nSPS) is 27.2. The molecule has 0 bridgehead atoms. The molecule has 4 aliphatic rings. The van der Waals surface area contributed by atoms with Crippen molar-refractivity contribution in [3.63, 3.8) is 0 Å². The number of carbonyl (C=O) groups excluding carboxylic acids is 1. The van der Waals surface area contributed by atoms with E-state index in [1.165, 1.54) is 24.9 Å². The highest BCUT2D eigenvalue weighted by Gasteiger charge is 2.34. The summed E-state index contributed by atoms with van der Waals surface area (Å²) in [5.41, 5.74) is 2.39. The first-order valence-corrected chi connectivity index (χ1v) is 10.4. The molecule has 5 rings (SSSR count). The highest BCUT2D eigenvalue weighted by molar-refractivity contribution is 5.78. The molecule has 5 heteroatoms. The number of pyridine rings is 1. The van der Waals surface area contributed by atoms with Gasteiger partial charge in [0.25, 0.3) is 0 Å². The second-order valence-corrected chi connectivity index (χ2v) is 8.49. The summed E-state index contributed by atoms with van der Waals surface area (Å²) in [6.45, 7) is 4.42. The van der Waals surface area contributed by atoms with Gasteiger partial charge in [0.05, 0.1) is 11.7 Å². The average Bonchev–Trinajstić information content (AvgIpc) is 3.47. The van der Waals surface area contributed by atoms with Gasteiger partial charge in [-0.2, -0.15) is 0 Å². The molecular formula is C21H29N3O2. The minimum Gasteiger partial charge on any atom is -0.474 e. The van der Waals surface area contributed by atoms with Crippen molar-refractivity contribution in [3.05, 3.63) is 23.4 Å². The summed E-state index contributed by atoms with van der Waals surface area (Å²) in [5, 5.41) is 0. The van der Waals surface area contributed by atoms with Gasteiger partial charge in [0.2, 0.25) is 11.8 Å². The van der Waals surface area contributed by atoms with Crippen molar-refractivity contribution >= 4 is 5.91 Å². The Labute approximate surface area is 155 Å². The maximum absolute atomic E-state index is 12.1. The molecule has 4 heterocycles. The predicted octanol–water partition coefficient (Wildman–Crippen LogP) is 2.94. The van der Waals surface area contributed by atoms with Crippen molar-refractivity contribution in [2.45, 2.75) is 63.5 Å². The van der Waals surface area contributed by atoms with Crippen LogP contribution in [0, 0.1) is 5.92 Å². The van der Waals surface area contributed by atoms with E-state index < -0.39 is 0 Å². The van der Waals surface area contributed by atoms with Gasteiger partial charge < -0.3 is 14.5 Å². The van der Waals surface area contributed by atoms with E-state index in [1.807, 2.05) is 6.07 Å². The molecule has 3 aliphatic heterocycles. The third-order valence-corrected chi connectivity index (χ3v) is 6.53. The fourth-order valence-electron chi connectivity index (χ4n) is 4.86. The minimum atomic E-state index is 0.243. The molecular weight excluding hydrogens is 326 g/mol. The summed E-state index contributed by atoms with van der Waals surface area (Å²) in [6, 6.07) is 4.43. The second kappa shape index (κ2) is 6.84. The molecule has 1 aliphatic carbocycles. The number of fused-ring (bicyclic) bond motifs is 3. The van der Waals surface area contributed by atoms with Gasteiger partial charge in [-0.3, -0.25) is 4.79 Å². The van der Waals surface area contributed by atoms with Crippen molar-refractivity contribution in [3.8, 4) is 5.88 Å². The lowest BCUT2D eigenvalue weighted by Gasteiger charge is -2.40. The molecule has 5 nitrogen and oxygen atoms in total. The Hall–Kier alpha value is -1.62. The van der Waals surface area contributed by atoms with Crippen LogP contribution in [0.25, 0.3) is 0 Å². The summed E-state index contributed by atoms with van der Waals surface area (Å²) in [5.74, 6) is 2.06. The number of amides is 1. The fraction of sp³-hybridized carbons (Fsp3) is 0.714. The first-order chi connectivity index (χ1) is 12.8. The SMILES string of the molecule is O=C1CCCC2c3ccc(OC4CCN(CC5CC5)CC4)nc3CCN12. The van der Waals surface area contributed by atoms with Crippen LogP contribution in [0.15, 0.2) is 12.1 Å². The molecule has 3 fully saturated rings. The highest BCUT2D eigenvalue weighted by Crippen LogP contribution is 2.37. The molecule has 1 amide bonds. The number of likely N-dealkylation sites (tertiary alicyclic amines) is 1. The van der Waals surface area contributed by atoms with Crippen molar-refractivity contribution in [2.75, 3.05) is 26.2 Å². The number of hydrogen-bond donors (Lipinski definition) is 0. The zero-order chi connectivity index (χ0) is 17.5. The Morgan fingerprint density at radius 3 is 2.69 bits per heavy atom. The van der Waals surface area contributed by atoms with E-state index in [4.69, 9.17) is 9.72 Å². The quantitative estimate of drug-likeness (QED) is 0.833. The summed E-state index contributed by atoms with van der Waals surface area (Å²) in [7, 11) is 0. The number of hydrogen-bond acceptors (Lipinski definition) is 4. The van der Waals surface area contributed by atoms with E-state index in [0.29, 0.717) is 18.4 Å². The van der Waals surface area contributed by atoms with Gasteiger partial charge in [-0.05, 0) is 56.1 Å². The van der Waals surface area contributed by atoms with E-state index in [9.17, 15) is 4.79 Å². The van der Waals surface area contributed by atoms with E-state index in [2.05, 4.69) is 15.9 Å². The van der Waals surface area contributed by atoms with Crippen molar-refractivity contribution in [1.82, 2.24) is 14.8 Å². The van der Waals surface area contributed by atoms with Gasteiger partial charge in [0.15, 0.2) is 0 Å². The molecule has 1 aromatic heterocycles. The average molecular weight is 355 g/mol. The monoisotopic (exact) mass is 355 g/mol. The molecule has 140 valence electrons. The zero-order valence-electron chi connectivity index (χ0n) is 15.5. The number of aromatic nitrogens is 1. The Bertz CT molecular complexity index is 680. The minimum absolute atomic E-state index is 0.243. The van der Waals surface area contributed by atoms with Crippen LogP contribution in [-0.4, -0.2) is 53.0 Å².